The quantitative estimate of drug-likeness (QED) is 0.635. The van der Waals surface area contributed by atoms with Crippen LogP contribution < -0.4 is 17.2 Å². The molecule has 0 bridgehead atoms. The average molecular weight is 332 g/mol. The highest BCUT2D eigenvalue weighted by molar-refractivity contribution is 5.88. The van der Waals surface area contributed by atoms with Crippen LogP contribution in [0.3, 0.4) is 0 Å². The molecule has 1 unspecified atom stereocenters. The molecule has 6 heteroatoms. The van der Waals surface area contributed by atoms with Gasteiger partial charge in [-0.3, -0.25) is 9.59 Å². The molecule has 1 fully saturated rings. The first kappa shape index (κ1) is 18.6. The molecular weight excluding hydrogens is 304 g/mol. The fraction of sp³-hybridized carbons (Fsp3) is 0.556. The van der Waals surface area contributed by atoms with Crippen LogP contribution in [0.1, 0.15) is 43.0 Å². The summed E-state index contributed by atoms with van der Waals surface area (Å²) in [6.45, 7) is 1.55. The van der Waals surface area contributed by atoms with Crippen LogP contribution in [0.2, 0.25) is 0 Å². The first-order chi connectivity index (χ1) is 11.5. The van der Waals surface area contributed by atoms with Gasteiger partial charge in [-0.15, -0.1) is 0 Å². The van der Waals surface area contributed by atoms with Crippen LogP contribution in [-0.2, 0) is 16.0 Å². The fourth-order valence-electron chi connectivity index (χ4n) is 3.14. The second kappa shape index (κ2) is 8.92. The van der Waals surface area contributed by atoms with E-state index in [2.05, 4.69) is 0 Å². The van der Waals surface area contributed by atoms with E-state index in [9.17, 15) is 9.59 Å². The zero-order valence-corrected chi connectivity index (χ0v) is 14.1. The molecule has 0 spiro atoms. The van der Waals surface area contributed by atoms with E-state index < -0.39 is 6.17 Å². The van der Waals surface area contributed by atoms with Crippen molar-refractivity contribution in [3.05, 3.63) is 35.4 Å². The van der Waals surface area contributed by atoms with E-state index in [1.54, 1.807) is 0 Å². The molecule has 1 aliphatic heterocycles. The first-order valence-electron chi connectivity index (χ1n) is 8.62. The second-order valence-corrected chi connectivity index (χ2v) is 6.50. The lowest BCUT2D eigenvalue weighted by atomic mass is 9.91. The molecule has 6 N–H and O–H groups in total. The number of nitrogens with zero attached hydrogens (tertiary/aromatic N) is 1. The van der Waals surface area contributed by atoms with Gasteiger partial charge in [-0.2, -0.15) is 0 Å². The Morgan fingerprint density at radius 2 is 1.67 bits per heavy atom. The van der Waals surface area contributed by atoms with E-state index >= 15 is 0 Å². The lowest BCUT2D eigenvalue weighted by Crippen LogP contribution is -2.41. The summed E-state index contributed by atoms with van der Waals surface area (Å²) < 4.78 is 0. The van der Waals surface area contributed by atoms with Gasteiger partial charge in [0, 0.05) is 25.4 Å². The van der Waals surface area contributed by atoms with Crippen LogP contribution in [0.25, 0.3) is 0 Å². The number of benzene rings is 1. The van der Waals surface area contributed by atoms with Gasteiger partial charge >= 0.3 is 0 Å². The number of nitrogens with two attached hydrogens (primary N) is 3. The van der Waals surface area contributed by atoms with Gasteiger partial charge in [-0.25, -0.2) is 0 Å². The van der Waals surface area contributed by atoms with Crippen molar-refractivity contribution < 1.29 is 9.59 Å². The van der Waals surface area contributed by atoms with E-state index in [0.29, 0.717) is 6.42 Å². The smallest absolute Gasteiger partial charge is 0.226 e. The lowest BCUT2D eigenvalue weighted by Gasteiger charge is -2.30. The Morgan fingerprint density at radius 1 is 1.04 bits per heavy atom. The van der Waals surface area contributed by atoms with Crippen molar-refractivity contribution in [3.8, 4) is 0 Å². The third-order valence-corrected chi connectivity index (χ3v) is 4.57. The number of rotatable bonds is 7. The average Bonchev–Trinajstić information content (AvgIpc) is 2.61. The molecule has 0 radical (unpaired) electrons. The lowest BCUT2D eigenvalue weighted by molar-refractivity contribution is -0.138. The number of ketones is 1. The van der Waals surface area contributed by atoms with Crippen molar-refractivity contribution in [2.45, 2.75) is 38.3 Å². The van der Waals surface area contributed by atoms with Crippen LogP contribution in [0, 0.1) is 5.92 Å². The van der Waals surface area contributed by atoms with Gasteiger partial charge in [-0.05, 0) is 36.8 Å². The Kier molecular flexibility index (Phi) is 6.90. The molecular formula is C18H28N4O2. The predicted octanol–water partition coefficient (Wildman–Crippen LogP) is 0.692. The Bertz CT molecular complexity index is 551. The summed E-state index contributed by atoms with van der Waals surface area (Å²) in [6.07, 6.45) is 3.45. The molecule has 0 aromatic heterocycles. The number of piperidine rings is 1. The molecule has 132 valence electrons. The van der Waals surface area contributed by atoms with Gasteiger partial charge < -0.3 is 22.1 Å². The predicted molar refractivity (Wildman–Crippen MR) is 93.9 cm³/mol. The zero-order chi connectivity index (χ0) is 17.5. The molecule has 6 nitrogen and oxygen atoms in total. The highest BCUT2D eigenvalue weighted by Crippen LogP contribution is 2.20. The number of hydrogen-bond acceptors (Lipinski definition) is 5. The van der Waals surface area contributed by atoms with Crippen molar-refractivity contribution in [1.29, 1.82) is 0 Å². The minimum atomic E-state index is -0.511. The van der Waals surface area contributed by atoms with Crippen molar-refractivity contribution in [3.63, 3.8) is 0 Å². The van der Waals surface area contributed by atoms with E-state index in [4.69, 9.17) is 17.2 Å². The Labute approximate surface area is 143 Å². The Morgan fingerprint density at radius 3 is 2.21 bits per heavy atom. The van der Waals surface area contributed by atoms with Crippen LogP contribution in [0.15, 0.2) is 24.3 Å². The van der Waals surface area contributed by atoms with E-state index in [-0.39, 0.29) is 30.6 Å². The molecule has 1 heterocycles. The Hall–Kier alpha value is -1.76. The van der Waals surface area contributed by atoms with Gasteiger partial charge in [-0.1, -0.05) is 24.3 Å². The highest BCUT2D eigenvalue weighted by Gasteiger charge is 2.27. The first-order valence-corrected chi connectivity index (χ1v) is 8.62. The molecule has 1 aromatic rings. The zero-order valence-electron chi connectivity index (χ0n) is 14.1. The summed E-state index contributed by atoms with van der Waals surface area (Å²) in [5, 5.41) is 0. The molecule has 1 saturated heterocycles. The molecule has 1 aromatic carbocycles. The Balaban J connectivity index is 2.09. The van der Waals surface area contributed by atoms with Crippen LogP contribution in [-0.4, -0.2) is 36.2 Å². The normalized spacial score (nSPS) is 16.2. The molecule has 2 rings (SSSR count). The van der Waals surface area contributed by atoms with Crippen molar-refractivity contribution in [1.82, 2.24) is 4.90 Å². The highest BCUT2D eigenvalue weighted by atomic mass is 16.2. The topological polar surface area (TPSA) is 115 Å². The number of likely N-dealkylation sites (tertiary alicyclic amines) is 1. The molecule has 0 saturated carbocycles. The maximum Gasteiger partial charge on any atom is 0.226 e. The monoisotopic (exact) mass is 332 g/mol. The molecule has 1 atom stereocenters. The van der Waals surface area contributed by atoms with E-state index in [1.807, 2.05) is 29.2 Å². The SMILES string of the molecule is NCC(=O)CC(Cc1ccc(C(N)N)cc1)C(=O)N1CCCCC1. The third-order valence-electron chi connectivity index (χ3n) is 4.57. The van der Waals surface area contributed by atoms with Gasteiger partial charge in [0.2, 0.25) is 5.91 Å². The number of Topliss-reactive ketones (excluding diaryl/α,β-unsaturated/α-hetero) is 1. The summed E-state index contributed by atoms with van der Waals surface area (Å²) in [6, 6.07) is 7.58. The van der Waals surface area contributed by atoms with Gasteiger partial charge in [0.05, 0.1) is 12.7 Å². The largest absolute Gasteiger partial charge is 0.342 e. The number of carbonyl (C=O) groups excluding carboxylic acids is 2. The molecule has 1 aliphatic rings. The fourth-order valence-corrected chi connectivity index (χ4v) is 3.14. The summed E-state index contributed by atoms with van der Waals surface area (Å²) in [5.74, 6) is -0.362. The number of carbonyl (C=O) groups is 2. The third kappa shape index (κ3) is 5.12. The summed E-state index contributed by atoms with van der Waals surface area (Å²) in [4.78, 5) is 26.5. The van der Waals surface area contributed by atoms with Crippen molar-refractivity contribution >= 4 is 11.7 Å². The minimum absolute atomic E-state index is 0.0231. The van der Waals surface area contributed by atoms with Crippen LogP contribution >= 0.6 is 0 Å². The van der Waals surface area contributed by atoms with E-state index in [0.717, 1.165) is 43.5 Å². The maximum absolute atomic E-state index is 12.8. The maximum atomic E-state index is 12.8. The van der Waals surface area contributed by atoms with Gasteiger partial charge in [0.1, 0.15) is 5.78 Å². The summed E-state index contributed by atoms with van der Waals surface area (Å²) in [5.41, 5.74) is 18.6. The number of amides is 1. The van der Waals surface area contributed by atoms with Crippen LogP contribution in [0.5, 0.6) is 0 Å². The molecule has 24 heavy (non-hydrogen) atoms. The minimum Gasteiger partial charge on any atom is -0.342 e. The summed E-state index contributed by atoms with van der Waals surface area (Å²) in [7, 11) is 0. The van der Waals surface area contributed by atoms with Gasteiger partial charge in [0.15, 0.2) is 0 Å². The van der Waals surface area contributed by atoms with Gasteiger partial charge in [0.25, 0.3) is 0 Å². The van der Waals surface area contributed by atoms with E-state index in [1.165, 1.54) is 0 Å². The standard InChI is InChI=1S/C18H28N4O2/c19-12-16(23)11-15(18(24)22-8-2-1-3-9-22)10-13-4-6-14(7-5-13)17(20)21/h4-7,15,17H,1-3,8-12,19-21H2. The second-order valence-electron chi connectivity index (χ2n) is 6.50. The summed E-state index contributed by atoms with van der Waals surface area (Å²) >= 11 is 0. The van der Waals surface area contributed by atoms with Crippen LogP contribution in [0.4, 0.5) is 0 Å². The molecule has 0 aliphatic carbocycles. The van der Waals surface area contributed by atoms with Crippen molar-refractivity contribution in [2.24, 2.45) is 23.1 Å². The number of hydrogen-bond donors (Lipinski definition) is 3. The van der Waals surface area contributed by atoms with Crippen molar-refractivity contribution in [2.75, 3.05) is 19.6 Å². The molecule has 1 amide bonds.